The van der Waals surface area contributed by atoms with E-state index in [0.29, 0.717) is 6.04 Å². The molecule has 18 heavy (non-hydrogen) atoms. The summed E-state index contributed by atoms with van der Waals surface area (Å²) in [4.78, 5) is 3.73. The minimum absolute atomic E-state index is 0.501. The van der Waals surface area contributed by atoms with Gasteiger partial charge < -0.3 is 10.2 Å². The minimum atomic E-state index is 0.501. The number of aryl methyl sites for hydroxylation is 1. The van der Waals surface area contributed by atoms with Gasteiger partial charge in [0, 0.05) is 19.1 Å². The number of nitrogens with one attached hydrogen (secondary N) is 1. The van der Waals surface area contributed by atoms with E-state index >= 15 is 0 Å². The number of hydrogen-bond donors (Lipinski definition) is 1. The fourth-order valence-electron chi connectivity index (χ4n) is 1.99. The summed E-state index contributed by atoms with van der Waals surface area (Å²) in [6.45, 7) is 13.1. The Morgan fingerprint density at radius 3 is 2.61 bits per heavy atom. The van der Waals surface area contributed by atoms with E-state index in [-0.39, 0.29) is 0 Å². The summed E-state index contributed by atoms with van der Waals surface area (Å²) in [5.41, 5.74) is 1.17. The van der Waals surface area contributed by atoms with Crippen LogP contribution < -0.4 is 5.32 Å². The third kappa shape index (κ3) is 5.00. The molecule has 1 heterocycles. The van der Waals surface area contributed by atoms with Crippen molar-refractivity contribution in [2.45, 2.75) is 53.1 Å². The Labute approximate surface area is 115 Å². The second kappa shape index (κ2) is 8.56. The lowest BCUT2D eigenvalue weighted by Gasteiger charge is -2.23. The number of rotatable bonds is 9. The molecule has 0 fully saturated rings. The minimum Gasteiger partial charge on any atom is -0.308 e. The molecule has 0 aliphatic heterocycles. The molecule has 0 amide bonds. The molecule has 0 spiro atoms. The molecule has 0 bridgehead atoms. The monoisotopic (exact) mass is 270 g/mol. The lowest BCUT2D eigenvalue weighted by Crippen LogP contribution is -2.38. The van der Waals surface area contributed by atoms with Crippen molar-refractivity contribution < 1.29 is 0 Å². The third-order valence-corrected chi connectivity index (χ3v) is 3.92. The first-order valence-electron chi connectivity index (χ1n) is 6.97. The summed E-state index contributed by atoms with van der Waals surface area (Å²) < 4.78 is 4.05. The van der Waals surface area contributed by atoms with Gasteiger partial charge in [-0.2, -0.15) is 0 Å². The average molecular weight is 270 g/mol. The number of aromatic nitrogens is 2. The van der Waals surface area contributed by atoms with E-state index < -0.39 is 0 Å². The largest absolute Gasteiger partial charge is 0.308 e. The van der Waals surface area contributed by atoms with Gasteiger partial charge in [0.05, 0.1) is 10.6 Å². The molecule has 104 valence electrons. The fraction of sp³-hybridized carbons (Fsp3) is 0.846. The Hall–Kier alpha value is -0.520. The molecular weight excluding hydrogens is 244 g/mol. The van der Waals surface area contributed by atoms with Gasteiger partial charge in [0.2, 0.25) is 0 Å². The zero-order valence-electron chi connectivity index (χ0n) is 12.1. The third-order valence-electron chi connectivity index (χ3n) is 3.16. The Kier molecular flexibility index (Phi) is 7.39. The smallest absolute Gasteiger partial charge is 0.0800 e. The maximum atomic E-state index is 4.20. The van der Waals surface area contributed by atoms with E-state index in [1.807, 2.05) is 0 Å². The van der Waals surface area contributed by atoms with E-state index in [4.69, 9.17) is 0 Å². The Bertz CT molecular complexity index is 323. The van der Waals surface area contributed by atoms with Crippen molar-refractivity contribution >= 4 is 11.5 Å². The molecule has 1 aromatic rings. The van der Waals surface area contributed by atoms with Gasteiger partial charge in [-0.1, -0.05) is 31.7 Å². The normalized spacial score (nSPS) is 13.2. The molecule has 1 rings (SSSR count). The second-order valence-electron chi connectivity index (χ2n) is 4.66. The standard InChI is InChI=1S/C13H26N4S/c1-5-8-12-13(18-16-15-12)9-14-11(4)10-17(6-2)7-3/h11,14H,5-10H2,1-4H3. The molecule has 5 heteroatoms. The molecule has 4 nitrogen and oxygen atoms in total. The second-order valence-corrected chi connectivity index (χ2v) is 5.50. The van der Waals surface area contributed by atoms with Crippen LogP contribution in [-0.2, 0) is 13.0 Å². The molecule has 1 unspecified atom stereocenters. The van der Waals surface area contributed by atoms with Crippen LogP contribution in [0.2, 0.25) is 0 Å². The highest BCUT2D eigenvalue weighted by atomic mass is 32.1. The summed E-state index contributed by atoms with van der Waals surface area (Å²) in [5, 5.41) is 7.77. The summed E-state index contributed by atoms with van der Waals surface area (Å²) in [6.07, 6.45) is 2.17. The Morgan fingerprint density at radius 1 is 1.28 bits per heavy atom. The van der Waals surface area contributed by atoms with Crippen LogP contribution >= 0.6 is 11.5 Å². The van der Waals surface area contributed by atoms with Gasteiger partial charge >= 0.3 is 0 Å². The zero-order valence-corrected chi connectivity index (χ0v) is 12.9. The van der Waals surface area contributed by atoms with Crippen LogP contribution in [0.4, 0.5) is 0 Å². The van der Waals surface area contributed by atoms with E-state index in [2.05, 4.69) is 47.5 Å². The van der Waals surface area contributed by atoms with E-state index in [9.17, 15) is 0 Å². The van der Waals surface area contributed by atoms with Crippen LogP contribution in [0.25, 0.3) is 0 Å². The summed E-state index contributed by atoms with van der Waals surface area (Å²) >= 11 is 1.52. The number of hydrogen-bond acceptors (Lipinski definition) is 5. The van der Waals surface area contributed by atoms with Crippen LogP contribution in [0.1, 0.15) is 44.7 Å². The molecule has 0 aliphatic rings. The highest BCUT2D eigenvalue weighted by Crippen LogP contribution is 2.12. The lowest BCUT2D eigenvalue weighted by atomic mass is 10.2. The maximum Gasteiger partial charge on any atom is 0.0800 e. The quantitative estimate of drug-likeness (QED) is 0.747. The molecule has 0 aromatic carbocycles. The van der Waals surface area contributed by atoms with Crippen molar-refractivity contribution in [3.8, 4) is 0 Å². The van der Waals surface area contributed by atoms with Crippen molar-refractivity contribution in [2.24, 2.45) is 0 Å². The molecule has 0 saturated carbocycles. The molecular formula is C13H26N4S. The topological polar surface area (TPSA) is 41.1 Å². The Balaban J connectivity index is 2.37. The van der Waals surface area contributed by atoms with Crippen LogP contribution in [0, 0.1) is 0 Å². The summed E-state index contributed by atoms with van der Waals surface area (Å²) in [7, 11) is 0. The van der Waals surface area contributed by atoms with Gasteiger partial charge in [0.1, 0.15) is 0 Å². The zero-order chi connectivity index (χ0) is 13.4. The van der Waals surface area contributed by atoms with Gasteiger partial charge in [0.25, 0.3) is 0 Å². The Morgan fingerprint density at radius 2 is 2.00 bits per heavy atom. The molecule has 0 radical (unpaired) electrons. The van der Waals surface area contributed by atoms with E-state index in [1.165, 1.54) is 22.1 Å². The van der Waals surface area contributed by atoms with E-state index in [0.717, 1.165) is 39.0 Å². The number of likely N-dealkylation sites (N-methyl/N-ethyl adjacent to an activating group) is 1. The SMILES string of the molecule is CCCc1nnsc1CNC(C)CN(CC)CC. The lowest BCUT2D eigenvalue weighted by molar-refractivity contribution is 0.271. The average Bonchev–Trinajstić information content (AvgIpc) is 2.81. The highest BCUT2D eigenvalue weighted by Gasteiger charge is 2.10. The van der Waals surface area contributed by atoms with Crippen molar-refractivity contribution in [3.05, 3.63) is 10.6 Å². The molecule has 0 aliphatic carbocycles. The van der Waals surface area contributed by atoms with Crippen molar-refractivity contribution in [2.75, 3.05) is 19.6 Å². The van der Waals surface area contributed by atoms with E-state index in [1.54, 1.807) is 0 Å². The first-order valence-corrected chi connectivity index (χ1v) is 7.74. The summed E-state index contributed by atoms with van der Waals surface area (Å²) in [5.74, 6) is 0. The summed E-state index contributed by atoms with van der Waals surface area (Å²) in [6, 6.07) is 0.501. The highest BCUT2D eigenvalue weighted by molar-refractivity contribution is 7.05. The van der Waals surface area contributed by atoms with Gasteiger partial charge in [-0.3, -0.25) is 0 Å². The van der Waals surface area contributed by atoms with Crippen LogP contribution in [0.15, 0.2) is 0 Å². The fourth-order valence-corrected chi connectivity index (χ4v) is 2.62. The van der Waals surface area contributed by atoms with Crippen LogP contribution in [0.5, 0.6) is 0 Å². The molecule has 1 N–H and O–H groups in total. The van der Waals surface area contributed by atoms with Gasteiger partial charge in [-0.15, -0.1) is 5.10 Å². The van der Waals surface area contributed by atoms with Gasteiger partial charge in [-0.25, -0.2) is 0 Å². The van der Waals surface area contributed by atoms with Crippen LogP contribution in [0.3, 0.4) is 0 Å². The van der Waals surface area contributed by atoms with Gasteiger partial charge in [0.15, 0.2) is 0 Å². The molecule has 1 aromatic heterocycles. The molecule has 1 atom stereocenters. The van der Waals surface area contributed by atoms with Crippen molar-refractivity contribution in [1.82, 2.24) is 19.8 Å². The van der Waals surface area contributed by atoms with Crippen molar-refractivity contribution in [3.63, 3.8) is 0 Å². The van der Waals surface area contributed by atoms with Gasteiger partial charge in [-0.05, 0) is 38.0 Å². The number of nitrogens with zero attached hydrogens (tertiary/aromatic N) is 3. The molecule has 0 saturated heterocycles. The predicted octanol–water partition coefficient (Wildman–Crippen LogP) is 2.31. The maximum absolute atomic E-state index is 4.20. The predicted molar refractivity (Wildman–Crippen MR) is 78.0 cm³/mol. The van der Waals surface area contributed by atoms with Crippen molar-refractivity contribution in [1.29, 1.82) is 0 Å². The van der Waals surface area contributed by atoms with Crippen LogP contribution in [-0.4, -0.2) is 40.2 Å². The first-order chi connectivity index (χ1) is 8.71. The first kappa shape index (κ1) is 15.5.